The number of pyridine rings is 1. The highest BCUT2D eigenvalue weighted by Crippen LogP contribution is 2.16. The van der Waals surface area contributed by atoms with Gasteiger partial charge in [-0.05, 0) is 31.9 Å². The Balaban J connectivity index is 1.61. The van der Waals surface area contributed by atoms with Gasteiger partial charge in [0.05, 0.1) is 11.9 Å². The maximum Gasteiger partial charge on any atom is 0.246 e. The third kappa shape index (κ3) is 4.84. The van der Waals surface area contributed by atoms with E-state index in [1.54, 1.807) is 15.8 Å². The van der Waals surface area contributed by atoms with Crippen molar-refractivity contribution in [3.63, 3.8) is 0 Å². The summed E-state index contributed by atoms with van der Waals surface area (Å²) in [5.74, 6) is 0.847. The number of piperazine rings is 1. The van der Waals surface area contributed by atoms with E-state index in [-0.39, 0.29) is 5.91 Å². The number of carbonyl (C=O) groups excluding carboxylic acids is 1. The third-order valence-electron chi connectivity index (χ3n) is 4.49. The Morgan fingerprint density at radius 3 is 2.78 bits per heavy atom. The minimum absolute atomic E-state index is 0.0580. The topological polar surface area (TPSA) is 78.7 Å². The number of hydrogen-bond acceptors (Lipinski definition) is 4. The second kappa shape index (κ2) is 8.66. The standard InChI is InChI=1S/C19H27N7O/c1-4-20-19(21-8-7-16-6-5-15(2)22-11-16)25-9-10-26(18(27)14-25)17-12-23-24(3)13-17/h5-6,11-13H,4,7-10,14H2,1-3H3,(H,20,21). The first-order valence-electron chi connectivity index (χ1n) is 9.30. The number of rotatable bonds is 5. The summed E-state index contributed by atoms with van der Waals surface area (Å²) < 4.78 is 1.71. The van der Waals surface area contributed by atoms with Crippen LogP contribution < -0.4 is 10.2 Å². The Morgan fingerprint density at radius 1 is 1.30 bits per heavy atom. The normalized spacial score (nSPS) is 15.4. The third-order valence-corrected chi connectivity index (χ3v) is 4.49. The number of aliphatic imine (C=N–C) groups is 1. The Bertz CT molecular complexity index is 797. The van der Waals surface area contributed by atoms with E-state index in [0.717, 1.165) is 42.4 Å². The second-order valence-electron chi connectivity index (χ2n) is 6.63. The minimum Gasteiger partial charge on any atom is -0.357 e. The molecule has 1 saturated heterocycles. The molecule has 3 rings (SSSR count). The van der Waals surface area contributed by atoms with Crippen LogP contribution in [0.4, 0.5) is 5.69 Å². The van der Waals surface area contributed by atoms with E-state index < -0.39 is 0 Å². The van der Waals surface area contributed by atoms with Crippen molar-refractivity contribution in [2.45, 2.75) is 20.3 Å². The lowest BCUT2D eigenvalue weighted by atomic mass is 10.2. The maximum absolute atomic E-state index is 12.6. The number of hydrogen-bond donors (Lipinski definition) is 1. The van der Waals surface area contributed by atoms with Crippen LogP contribution in [0, 0.1) is 6.92 Å². The van der Waals surface area contributed by atoms with Gasteiger partial charge in [-0.25, -0.2) is 0 Å². The Labute approximate surface area is 159 Å². The largest absolute Gasteiger partial charge is 0.357 e. The van der Waals surface area contributed by atoms with Gasteiger partial charge in [0.2, 0.25) is 5.91 Å². The lowest BCUT2D eigenvalue weighted by molar-refractivity contribution is -0.120. The van der Waals surface area contributed by atoms with Crippen LogP contribution in [0.25, 0.3) is 0 Å². The lowest BCUT2D eigenvalue weighted by Gasteiger charge is -2.35. The summed E-state index contributed by atoms with van der Waals surface area (Å²) >= 11 is 0. The second-order valence-corrected chi connectivity index (χ2v) is 6.63. The van der Waals surface area contributed by atoms with Gasteiger partial charge in [-0.3, -0.25) is 19.5 Å². The summed E-state index contributed by atoms with van der Waals surface area (Å²) in [7, 11) is 1.85. The van der Waals surface area contributed by atoms with Gasteiger partial charge in [0.25, 0.3) is 0 Å². The molecule has 3 heterocycles. The molecule has 1 N–H and O–H groups in total. The van der Waals surface area contributed by atoms with E-state index >= 15 is 0 Å². The molecule has 0 aromatic carbocycles. The summed E-state index contributed by atoms with van der Waals surface area (Å²) in [5, 5.41) is 7.45. The first-order chi connectivity index (χ1) is 13.1. The van der Waals surface area contributed by atoms with Crippen molar-refractivity contribution in [3.05, 3.63) is 42.0 Å². The van der Waals surface area contributed by atoms with E-state index in [2.05, 4.69) is 21.5 Å². The van der Waals surface area contributed by atoms with Crippen LogP contribution in [0.2, 0.25) is 0 Å². The Hall–Kier alpha value is -2.90. The molecule has 1 aliphatic rings. The van der Waals surface area contributed by atoms with Crippen LogP contribution in [0.15, 0.2) is 35.7 Å². The fourth-order valence-corrected chi connectivity index (χ4v) is 3.04. The van der Waals surface area contributed by atoms with Gasteiger partial charge in [0.1, 0.15) is 6.54 Å². The molecule has 0 bridgehead atoms. The Morgan fingerprint density at radius 2 is 2.15 bits per heavy atom. The van der Waals surface area contributed by atoms with Crippen LogP contribution in [0.1, 0.15) is 18.2 Å². The van der Waals surface area contributed by atoms with Gasteiger partial charge in [0, 0.05) is 51.3 Å². The summed E-state index contributed by atoms with van der Waals surface area (Å²) in [6.07, 6.45) is 6.31. The maximum atomic E-state index is 12.6. The summed E-state index contributed by atoms with van der Waals surface area (Å²) in [6.45, 7) is 7.11. The molecule has 0 unspecified atom stereocenters. The molecule has 144 valence electrons. The summed E-state index contributed by atoms with van der Waals surface area (Å²) in [4.78, 5) is 25.4. The first-order valence-corrected chi connectivity index (χ1v) is 9.30. The quantitative estimate of drug-likeness (QED) is 0.628. The van der Waals surface area contributed by atoms with Crippen LogP contribution >= 0.6 is 0 Å². The molecule has 8 heteroatoms. The number of aryl methyl sites for hydroxylation is 2. The van der Waals surface area contributed by atoms with Crippen molar-refractivity contribution in [3.8, 4) is 0 Å². The van der Waals surface area contributed by atoms with E-state index in [0.29, 0.717) is 19.6 Å². The predicted molar refractivity (Wildman–Crippen MR) is 106 cm³/mol. The van der Waals surface area contributed by atoms with Gasteiger partial charge in [0.15, 0.2) is 5.96 Å². The average Bonchev–Trinajstić information content (AvgIpc) is 3.08. The average molecular weight is 369 g/mol. The molecule has 0 saturated carbocycles. The SMILES string of the molecule is CCNC(=NCCc1ccc(C)nc1)N1CCN(c2cnn(C)c2)C(=O)C1. The van der Waals surface area contributed by atoms with Crippen molar-refractivity contribution in [1.82, 2.24) is 25.0 Å². The van der Waals surface area contributed by atoms with E-state index in [9.17, 15) is 4.79 Å². The van der Waals surface area contributed by atoms with Gasteiger partial charge in [-0.1, -0.05) is 6.07 Å². The van der Waals surface area contributed by atoms with Crippen LogP contribution in [-0.2, 0) is 18.3 Å². The van der Waals surface area contributed by atoms with Gasteiger partial charge >= 0.3 is 0 Å². The van der Waals surface area contributed by atoms with Crippen LogP contribution in [0.3, 0.4) is 0 Å². The molecule has 0 spiro atoms. The summed E-state index contributed by atoms with van der Waals surface area (Å²) in [5.41, 5.74) is 3.02. The van der Waals surface area contributed by atoms with E-state index in [4.69, 9.17) is 4.99 Å². The molecule has 0 atom stereocenters. The number of anilines is 1. The van der Waals surface area contributed by atoms with Gasteiger partial charge < -0.3 is 15.1 Å². The highest BCUT2D eigenvalue weighted by Gasteiger charge is 2.27. The Kier molecular flexibility index (Phi) is 6.05. The van der Waals surface area contributed by atoms with Crippen molar-refractivity contribution in [2.75, 3.05) is 37.6 Å². The van der Waals surface area contributed by atoms with E-state index in [1.807, 2.05) is 44.3 Å². The number of carbonyl (C=O) groups is 1. The van der Waals surface area contributed by atoms with Crippen LogP contribution in [0.5, 0.6) is 0 Å². The molecule has 8 nitrogen and oxygen atoms in total. The van der Waals surface area contributed by atoms with Crippen LogP contribution in [-0.4, -0.2) is 64.3 Å². The van der Waals surface area contributed by atoms with Crippen molar-refractivity contribution < 1.29 is 4.79 Å². The fourth-order valence-electron chi connectivity index (χ4n) is 3.04. The molecule has 1 amide bonds. The molecule has 2 aromatic rings. The highest BCUT2D eigenvalue weighted by molar-refractivity contribution is 5.98. The predicted octanol–water partition coefficient (Wildman–Crippen LogP) is 0.980. The van der Waals surface area contributed by atoms with Gasteiger partial charge in [-0.2, -0.15) is 5.10 Å². The minimum atomic E-state index is 0.0580. The molecule has 0 aliphatic carbocycles. The number of nitrogens with one attached hydrogen (secondary N) is 1. The molecule has 27 heavy (non-hydrogen) atoms. The van der Waals surface area contributed by atoms with E-state index in [1.165, 1.54) is 0 Å². The first kappa shape index (κ1) is 18.9. The highest BCUT2D eigenvalue weighted by atomic mass is 16.2. The zero-order chi connectivity index (χ0) is 19.2. The molecule has 0 radical (unpaired) electrons. The smallest absolute Gasteiger partial charge is 0.246 e. The molecular weight excluding hydrogens is 342 g/mol. The monoisotopic (exact) mass is 369 g/mol. The number of aromatic nitrogens is 3. The van der Waals surface area contributed by atoms with Gasteiger partial charge in [-0.15, -0.1) is 0 Å². The molecule has 1 aliphatic heterocycles. The fraction of sp³-hybridized carbons (Fsp3) is 0.474. The van der Waals surface area contributed by atoms with Crippen molar-refractivity contribution in [1.29, 1.82) is 0 Å². The number of nitrogens with zero attached hydrogens (tertiary/aromatic N) is 6. The number of guanidine groups is 1. The lowest BCUT2D eigenvalue weighted by Crippen LogP contribution is -2.55. The zero-order valence-electron chi connectivity index (χ0n) is 16.2. The summed E-state index contributed by atoms with van der Waals surface area (Å²) in [6, 6.07) is 4.10. The molecular formula is C19H27N7O. The van der Waals surface area contributed by atoms with Crippen molar-refractivity contribution in [2.24, 2.45) is 12.0 Å². The van der Waals surface area contributed by atoms with Crippen molar-refractivity contribution >= 4 is 17.6 Å². The zero-order valence-corrected chi connectivity index (χ0v) is 16.2. The molecule has 1 fully saturated rings. The number of amides is 1. The molecule has 2 aromatic heterocycles.